The quantitative estimate of drug-likeness (QED) is 0.908. The van der Waals surface area contributed by atoms with Crippen molar-refractivity contribution in [1.29, 1.82) is 0 Å². The van der Waals surface area contributed by atoms with Crippen molar-refractivity contribution in [3.8, 4) is 16.9 Å². The zero-order chi connectivity index (χ0) is 15.9. The minimum atomic E-state index is -0.429. The third kappa shape index (κ3) is 4.25. The topological polar surface area (TPSA) is 47.6 Å². The van der Waals surface area contributed by atoms with Crippen LogP contribution in [0.4, 0.5) is 4.79 Å². The molecule has 0 aliphatic heterocycles. The molecule has 116 valence electrons. The van der Waals surface area contributed by atoms with Crippen LogP contribution in [0, 0.1) is 0 Å². The molecule has 22 heavy (non-hydrogen) atoms. The Morgan fingerprint density at radius 1 is 1.09 bits per heavy atom. The van der Waals surface area contributed by atoms with Gasteiger partial charge in [-0.1, -0.05) is 36.4 Å². The van der Waals surface area contributed by atoms with Crippen LogP contribution < -0.4 is 10.1 Å². The first-order chi connectivity index (χ1) is 10.6. The highest BCUT2D eigenvalue weighted by atomic mass is 16.6. The Balaban J connectivity index is 2.16. The SMILES string of the molecule is COc1ccc(-c2ccccc2)cc1CNC(=O)OC(C)C. The molecule has 0 saturated carbocycles. The van der Waals surface area contributed by atoms with Crippen LogP contribution in [-0.2, 0) is 11.3 Å². The number of methoxy groups -OCH3 is 1. The van der Waals surface area contributed by atoms with Gasteiger partial charge in [-0.3, -0.25) is 0 Å². The summed E-state index contributed by atoms with van der Waals surface area (Å²) in [6, 6.07) is 16.0. The van der Waals surface area contributed by atoms with E-state index in [-0.39, 0.29) is 6.10 Å². The van der Waals surface area contributed by atoms with Crippen LogP contribution in [0.1, 0.15) is 19.4 Å². The number of carbonyl (C=O) groups is 1. The van der Waals surface area contributed by atoms with Crippen molar-refractivity contribution < 1.29 is 14.3 Å². The molecule has 0 aliphatic rings. The highest BCUT2D eigenvalue weighted by Gasteiger charge is 2.09. The van der Waals surface area contributed by atoms with Crippen molar-refractivity contribution in [2.24, 2.45) is 0 Å². The molecule has 0 radical (unpaired) electrons. The monoisotopic (exact) mass is 299 g/mol. The molecule has 1 N–H and O–H groups in total. The van der Waals surface area contributed by atoms with Gasteiger partial charge in [-0.05, 0) is 37.1 Å². The van der Waals surface area contributed by atoms with E-state index >= 15 is 0 Å². The normalized spacial score (nSPS) is 10.4. The standard InChI is InChI=1S/C18H21NO3/c1-13(2)22-18(20)19-12-16-11-15(9-10-17(16)21-3)14-7-5-4-6-8-14/h4-11,13H,12H2,1-3H3,(H,19,20). The molecule has 2 rings (SSSR count). The van der Waals surface area contributed by atoms with E-state index in [1.165, 1.54) is 0 Å². The summed E-state index contributed by atoms with van der Waals surface area (Å²) in [5.74, 6) is 0.740. The molecule has 0 bridgehead atoms. The van der Waals surface area contributed by atoms with Gasteiger partial charge >= 0.3 is 6.09 Å². The van der Waals surface area contributed by atoms with Crippen LogP contribution in [0.3, 0.4) is 0 Å². The lowest BCUT2D eigenvalue weighted by molar-refractivity contribution is 0.115. The molecule has 0 heterocycles. The summed E-state index contributed by atoms with van der Waals surface area (Å²) in [5, 5.41) is 2.74. The second-order valence-electron chi connectivity index (χ2n) is 5.20. The molecule has 0 aromatic heterocycles. The number of benzene rings is 2. The molecule has 0 unspecified atom stereocenters. The van der Waals surface area contributed by atoms with Gasteiger partial charge in [-0.15, -0.1) is 0 Å². The molecule has 4 heteroatoms. The highest BCUT2D eigenvalue weighted by molar-refractivity contribution is 5.69. The summed E-state index contributed by atoms with van der Waals surface area (Å²) >= 11 is 0. The van der Waals surface area contributed by atoms with E-state index in [2.05, 4.69) is 5.32 Å². The molecule has 4 nitrogen and oxygen atoms in total. The van der Waals surface area contributed by atoms with Crippen LogP contribution in [0.2, 0.25) is 0 Å². The largest absolute Gasteiger partial charge is 0.496 e. The van der Waals surface area contributed by atoms with E-state index in [9.17, 15) is 4.79 Å². The van der Waals surface area contributed by atoms with E-state index in [1.807, 2.05) is 62.4 Å². The first kappa shape index (κ1) is 15.9. The second-order valence-corrected chi connectivity index (χ2v) is 5.20. The Morgan fingerprint density at radius 3 is 2.45 bits per heavy atom. The minimum absolute atomic E-state index is 0.141. The maximum absolute atomic E-state index is 11.6. The Bertz CT molecular complexity index is 623. The molecule has 0 fully saturated rings. The van der Waals surface area contributed by atoms with Crippen LogP contribution in [0.15, 0.2) is 48.5 Å². The van der Waals surface area contributed by atoms with Gasteiger partial charge in [-0.2, -0.15) is 0 Å². The van der Waals surface area contributed by atoms with Crippen molar-refractivity contribution in [3.63, 3.8) is 0 Å². The van der Waals surface area contributed by atoms with E-state index in [1.54, 1.807) is 7.11 Å². The van der Waals surface area contributed by atoms with E-state index in [4.69, 9.17) is 9.47 Å². The van der Waals surface area contributed by atoms with Gasteiger partial charge in [0.05, 0.1) is 13.2 Å². The van der Waals surface area contributed by atoms with E-state index in [0.717, 1.165) is 22.4 Å². The van der Waals surface area contributed by atoms with Crippen molar-refractivity contribution >= 4 is 6.09 Å². The Labute approximate surface area is 131 Å². The number of hydrogen-bond acceptors (Lipinski definition) is 3. The summed E-state index contributed by atoms with van der Waals surface area (Å²) in [5.41, 5.74) is 3.11. The van der Waals surface area contributed by atoms with Gasteiger partial charge in [-0.25, -0.2) is 4.79 Å². The lowest BCUT2D eigenvalue weighted by Crippen LogP contribution is -2.26. The Morgan fingerprint density at radius 2 is 1.82 bits per heavy atom. The summed E-state index contributed by atoms with van der Waals surface area (Å²) in [6.07, 6.45) is -0.570. The predicted octanol–water partition coefficient (Wildman–Crippen LogP) is 4.00. The number of hydrogen-bond donors (Lipinski definition) is 1. The average Bonchev–Trinajstić information content (AvgIpc) is 2.53. The zero-order valence-electron chi connectivity index (χ0n) is 13.1. The van der Waals surface area contributed by atoms with Crippen LogP contribution in [0.25, 0.3) is 11.1 Å². The summed E-state index contributed by atoms with van der Waals surface area (Å²) in [6.45, 7) is 3.99. The number of carbonyl (C=O) groups excluding carboxylic acids is 1. The lowest BCUT2D eigenvalue weighted by atomic mass is 10.0. The maximum atomic E-state index is 11.6. The predicted molar refractivity (Wildman–Crippen MR) is 86.9 cm³/mol. The van der Waals surface area contributed by atoms with Gasteiger partial charge < -0.3 is 14.8 Å². The van der Waals surface area contributed by atoms with Gasteiger partial charge in [0, 0.05) is 12.1 Å². The highest BCUT2D eigenvalue weighted by Crippen LogP contribution is 2.26. The smallest absolute Gasteiger partial charge is 0.407 e. The van der Waals surface area contributed by atoms with Gasteiger partial charge in [0.15, 0.2) is 0 Å². The van der Waals surface area contributed by atoms with Crippen molar-refractivity contribution in [1.82, 2.24) is 5.32 Å². The Kier molecular flexibility index (Phi) is 5.42. The average molecular weight is 299 g/mol. The van der Waals surface area contributed by atoms with Crippen LogP contribution >= 0.6 is 0 Å². The van der Waals surface area contributed by atoms with Gasteiger partial charge in [0.2, 0.25) is 0 Å². The second kappa shape index (κ2) is 7.50. The summed E-state index contributed by atoms with van der Waals surface area (Å²) in [4.78, 5) is 11.6. The van der Waals surface area contributed by atoms with E-state index < -0.39 is 6.09 Å². The van der Waals surface area contributed by atoms with Crippen molar-refractivity contribution in [3.05, 3.63) is 54.1 Å². The first-order valence-corrected chi connectivity index (χ1v) is 7.27. The molecular formula is C18H21NO3. The van der Waals surface area contributed by atoms with Crippen molar-refractivity contribution in [2.45, 2.75) is 26.5 Å². The number of amides is 1. The fourth-order valence-corrected chi connectivity index (χ4v) is 2.15. The van der Waals surface area contributed by atoms with Gasteiger partial charge in [0.1, 0.15) is 5.75 Å². The fraction of sp³-hybridized carbons (Fsp3) is 0.278. The van der Waals surface area contributed by atoms with E-state index in [0.29, 0.717) is 6.54 Å². The van der Waals surface area contributed by atoms with Crippen LogP contribution in [-0.4, -0.2) is 19.3 Å². The lowest BCUT2D eigenvalue weighted by Gasteiger charge is -2.13. The molecule has 0 atom stereocenters. The molecular weight excluding hydrogens is 278 g/mol. The molecule has 2 aromatic rings. The number of rotatable bonds is 5. The molecule has 0 aliphatic carbocycles. The molecule has 1 amide bonds. The van der Waals surface area contributed by atoms with Gasteiger partial charge in [0.25, 0.3) is 0 Å². The zero-order valence-corrected chi connectivity index (χ0v) is 13.1. The minimum Gasteiger partial charge on any atom is -0.496 e. The van der Waals surface area contributed by atoms with Crippen molar-refractivity contribution in [2.75, 3.05) is 7.11 Å². The summed E-state index contributed by atoms with van der Waals surface area (Å²) in [7, 11) is 1.62. The summed E-state index contributed by atoms with van der Waals surface area (Å²) < 4.78 is 10.4. The molecule has 0 saturated heterocycles. The first-order valence-electron chi connectivity index (χ1n) is 7.27. The number of nitrogens with one attached hydrogen (secondary N) is 1. The molecule has 0 spiro atoms. The third-order valence-corrected chi connectivity index (χ3v) is 3.15. The number of alkyl carbamates (subject to hydrolysis) is 1. The third-order valence-electron chi connectivity index (χ3n) is 3.15. The maximum Gasteiger partial charge on any atom is 0.407 e. The fourth-order valence-electron chi connectivity index (χ4n) is 2.15. The molecule has 2 aromatic carbocycles. The van der Waals surface area contributed by atoms with Crippen LogP contribution in [0.5, 0.6) is 5.75 Å². The Hall–Kier alpha value is -2.49. The number of ether oxygens (including phenoxy) is 2.